The van der Waals surface area contributed by atoms with Gasteiger partial charge < -0.3 is 5.32 Å². The number of nitrogens with one attached hydrogen (secondary N) is 2. The highest BCUT2D eigenvalue weighted by Gasteiger charge is 2.27. The average molecular weight is 317 g/mol. The van der Waals surface area contributed by atoms with Crippen LogP contribution in [0.25, 0.3) is 0 Å². The number of hydrogen-bond acceptors (Lipinski definition) is 4. The number of pyridine rings is 1. The molecule has 110 valence electrons. The standard InChI is InChI=1S/C12H17ClN4O2S/c1-2-3-4-5-6-14-12-16-11-10(20(18,19)17-12)7-9(13)8-15-11/h7-8H,2-6H2,1H3,(H2,14,15,16,17). The van der Waals surface area contributed by atoms with Crippen LogP contribution in [-0.2, 0) is 10.0 Å². The van der Waals surface area contributed by atoms with E-state index in [4.69, 9.17) is 11.6 Å². The summed E-state index contributed by atoms with van der Waals surface area (Å²) in [5.74, 6) is 0.462. The molecule has 0 atom stereocenters. The predicted octanol–water partition coefficient (Wildman–Crippen LogP) is 2.38. The number of guanidine groups is 1. The molecule has 0 spiro atoms. The molecule has 20 heavy (non-hydrogen) atoms. The molecular formula is C12H17ClN4O2S. The Balaban J connectivity index is 2.11. The fourth-order valence-electron chi connectivity index (χ4n) is 1.84. The number of fused-ring (bicyclic) bond motifs is 1. The van der Waals surface area contributed by atoms with Gasteiger partial charge in [0, 0.05) is 12.7 Å². The van der Waals surface area contributed by atoms with Crippen LogP contribution in [0.5, 0.6) is 0 Å². The molecule has 1 aromatic heterocycles. The van der Waals surface area contributed by atoms with Crippen molar-refractivity contribution < 1.29 is 8.42 Å². The molecule has 0 saturated heterocycles. The summed E-state index contributed by atoms with van der Waals surface area (Å²) in [5.41, 5.74) is 0. The minimum Gasteiger partial charge on any atom is -0.309 e. The molecule has 0 saturated carbocycles. The van der Waals surface area contributed by atoms with Crippen molar-refractivity contribution in [3.8, 4) is 0 Å². The monoisotopic (exact) mass is 316 g/mol. The first-order chi connectivity index (χ1) is 9.53. The van der Waals surface area contributed by atoms with E-state index in [2.05, 4.69) is 26.9 Å². The van der Waals surface area contributed by atoms with Gasteiger partial charge >= 0.3 is 0 Å². The zero-order valence-electron chi connectivity index (χ0n) is 11.2. The van der Waals surface area contributed by atoms with Crippen molar-refractivity contribution >= 4 is 33.4 Å². The van der Waals surface area contributed by atoms with Crippen LogP contribution in [0.15, 0.2) is 22.2 Å². The van der Waals surface area contributed by atoms with Crippen LogP contribution in [0.4, 0.5) is 5.82 Å². The van der Waals surface area contributed by atoms with Crippen LogP contribution in [-0.4, -0.2) is 25.9 Å². The fourth-order valence-corrected chi connectivity index (χ4v) is 3.18. The van der Waals surface area contributed by atoms with Gasteiger partial charge in [-0.15, -0.1) is 0 Å². The Hall–Kier alpha value is -1.34. The number of aromatic nitrogens is 1. The van der Waals surface area contributed by atoms with Crippen molar-refractivity contribution in [1.29, 1.82) is 0 Å². The third kappa shape index (κ3) is 3.61. The number of aliphatic imine (C=N–C) groups is 1. The molecule has 1 aliphatic heterocycles. The lowest BCUT2D eigenvalue weighted by Crippen LogP contribution is -2.41. The molecule has 2 rings (SSSR count). The molecular weight excluding hydrogens is 300 g/mol. The van der Waals surface area contributed by atoms with E-state index in [1.54, 1.807) is 0 Å². The lowest BCUT2D eigenvalue weighted by molar-refractivity contribution is 0.591. The third-order valence-electron chi connectivity index (χ3n) is 2.86. The molecule has 0 amide bonds. The highest BCUT2D eigenvalue weighted by molar-refractivity contribution is 7.90. The van der Waals surface area contributed by atoms with Crippen LogP contribution in [0.3, 0.4) is 0 Å². The van der Waals surface area contributed by atoms with E-state index in [0.29, 0.717) is 6.54 Å². The second kappa shape index (κ2) is 6.41. The second-order valence-electron chi connectivity index (χ2n) is 4.52. The average Bonchev–Trinajstić information content (AvgIpc) is 2.39. The van der Waals surface area contributed by atoms with Gasteiger partial charge in [-0.3, -0.25) is 4.99 Å². The number of unbranched alkanes of at least 4 members (excludes halogenated alkanes) is 3. The summed E-state index contributed by atoms with van der Waals surface area (Å²) in [7, 11) is -3.65. The normalized spacial score (nSPS) is 18.2. The van der Waals surface area contributed by atoms with Gasteiger partial charge in [0.2, 0.25) is 5.96 Å². The maximum Gasteiger partial charge on any atom is 0.267 e. The Morgan fingerprint density at radius 3 is 2.90 bits per heavy atom. The Morgan fingerprint density at radius 2 is 2.15 bits per heavy atom. The van der Waals surface area contributed by atoms with E-state index in [1.165, 1.54) is 12.3 Å². The van der Waals surface area contributed by atoms with Gasteiger partial charge in [-0.05, 0) is 12.5 Å². The van der Waals surface area contributed by atoms with Gasteiger partial charge in [-0.2, -0.15) is 0 Å². The van der Waals surface area contributed by atoms with Crippen LogP contribution in [0, 0.1) is 0 Å². The van der Waals surface area contributed by atoms with Gasteiger partial charge in [-0.25, -0.2) is 18.1 Å². The van der Waals surface area contributed by atoms with Crippen LogP contribution >= 0.6 is 11.6 Å². The second-order valence-corrected chi connectivity index (χ2v) is 6.61. The van der Waals surface area contributed by atoms with Gasteiger partial charge in [-0.1, -0.05) is 37.8 Å². The number of halogens is 1. The van der Waals surface area contributed by atoms with E-state index < -0.39 is 10.0 Å². The number of hydrogen-bond donors (Lipinski definition) is 2. The van der Waals surface area contributed by atoms with E-state index >= 15 is 0 Å². The molecule has 0 aromatic carbocycles. The first-order valence-electron chi connectivity index (χ1n) is 6.53. The summed E-state index contributed by atoms with van der Waals surface area (Å²) in [6, 6.07) is 1.36. The first-order valence-corrected chi connectivity index (χ1v) is 8.39. The van der Waals surface area contributed by atoms with Crippen molar-refractivity contribution in [3.05, 3.63) is 17.3 Å². The Morgan fingerprint density at radius 1 is 1.35 bits per heavy atom. The van der Waals surface area contributed by atoms with Crippen LogP contribution in [0.2, 0.25) is 5.02 Å². The summed E-state index contributed by atoms with van der Waals surface area (Å²) in [6.07, 6.45) is 5.73. The van der Waals surface area contributed by atoms with Gasteiger partial charge in [0.25, 0.3) is 10.0 Å². The lowest BCUT2D eigenvalue weighted by Gasteiger charge is -2.20. The predicted molar refractivity (Wildman–Crippen MR) is 79.6 cm³/mol. The third-order valence-corrected chi connectivity index (χ3v) is 4.42. The van der Waals surface area contributed by atoms with Crippen LogP contribution in [0.1, 0.15) is 32.6 Å². The van der Waals surface area contributed by atoms with Gasteiger partial charge in [0.15, 0.2) is 5.82 Å². The van der Waals surface area contributed by atoms with Crippen molar-refractivity contribution in [1.82, 2.24) is 9.71 Å². The number of nitrogens with zero attached hydrogens (tertiary/aromatic N) is 2. The lowest BCUT2D eigenvalue weighted by atomic mass is 10.2. The molecule has 0 radical (unpaired) electrons. The van der Waals surface area contributed by atoms with E-state index in [1.807, 2.05) is 0 Å². The minimum atomic E-state index is -3.65. The topological polar surface area (TPSA) is 83.5 Å². The molecule has 6 nitrogen and oxygen atoms in total. The van der Waals surface area contributed by atoms with Gasteiger partial charge in [0.05, 0.1) is 5.02 Å². The fraction of sp³-hybridized carbons (Fsp3) is 0.500. The zero-order valence-corrected chi connectivity index (χ0v) is 12.8. The summed E-state index contributed by atoms with van der Waals surface area (Å²) in [4.78, 5) is 8.23. The molecule has 1 aromatic rings. The van der Waals surface area contributed by atoms with Crippen molar-refractivity contribution in [2.75, 3.05) is 11.9 Å². The quantitative estimate of drug-likeness (QED) is 0.817. The molecule has 0 fully saturated rings. The molecule has 8 heteroatoms. The molecule has 0 bridgehead atoms. The Bertz CT molecular complexity index is 616. The largest absolute Gasteiger partial charge is 0.309 e. The number of anilines is 1. The number of rotatable bonds is 5. The highest BCUT2D eigenvalue weighted by atomic mass is 35.5. The van der Waals surface area contributed by atoms with E-state index in [9.17, 15) is 8.42 Å². The summed E-state index contributed by atoms with van der Waals surface area (Å²) >= 11 is 5.76. The minimum absolute atomic E-state index is 0.0370. The van der Waals surface area contributed by atoms with Crippen molar-refractivity contribution in [3.63, 3.8) is 0 Å². The Labute approximate surface area is 123 Å². The first kappa shape index (κ1) is 15.1. The smallest absolute Gasteiger partial charge is 0.267 e. The molecule has 2 heterocycles. The highest BCUT2D eigenvalue weighted by Crippen LogP contribution is 2.25. The van der Waals surface area contributed by atoms with Gasteiger partial charge in [0.1, 0.15) is 4.90 Å². The molecule has 1 aliphatic rings. The molecule has 0 aliphatic carbocycles. The number of sulfonamides is 1. The maximum atomic E-state index is 12.0. The SMILES string of the molecule is CCCCCCN=C1Nc2ncc(Cl)cc2S(=O)(=O)N1. The maximum absolute atomic E-state index is 12.0. The Kier molecular flexibility index (Phi) is 4.82. The summed E-state index contributed by atoms with van der Waals surface area (Å²) in [5, 5.41) is 3.13. The van der Waals surface area contributed by atoms with E-state index in [-0.39, 0.29) is 21.7 Å². The molecule has 0 unspecified atom stereocenters. The van der Waals surface area contributed by atoms with Crippen molar-refractivity contribution in [2.45, 2.75) is 37.5 Å². The summed E-state index contributed by atoms with van der Waals surface area (Å²) < 4.78 is 26.5. The zero-order chi connectivity index (χ0) is 14.6. The van der Waals surface area contributed by atoms with Crippen LogP contribution < -0.4 is 10.0 Å². The van der Waals surface area contributed by atoms with Crippen molar-refractivity contribution in [2.24, 2.45) is 4.99 Å². The molecule has 2 N–H and O–H groups in total. The summed E-state index contributed by atoms with van der Waals surface area (Å²) in [6.45, 7) is 2.71. The van der Waals surface area contributed by atoms with E-state index in [0.717, 1.165) is 25.7 Å².